The number of nitrogens with zero attached hydrogens (tertiary/aromatic N) is 2. The van der Waals surface area contributed by atoms with Gasteiger partial charge in [0.05, 0.1) is 16.8 Å². The molecule has 2 aromatic rings. The van der Waals surface area contributed by atoms with Crippen molar-refractivity contribution >= 4 is 27.5 Å². The van der Waals surface area contributed by atoms with E-state index in [1.807, 2.05) is 17.7 Å². The molecule has 0 unspecified atom stereocenters. The number of carbonyl (C=O) groups excluding carboxylic acids is 1. The maximum atomic E-state index is 12.4. The number of rotatable bonds is 6. The summed E-state index contributed by atoms with van der Waals surface area (Å²) in [6, 6.07) is 8.02. The van der Waals surface area contributed by atoms with E-state index in [0.29, 0.717) is 12.3 Å². The van der Waals surface area contributed by atoms with E-state index in [4.69, 9.17) is 0 Å². The van der Waals surface area contributed by atoms with Crippen LogP contribution in [0.5, 0.6) is 0 Å². The molecule has 8 heteroatoms. The molecule has 0 spiro atoms. The molecule has 0 saturated carbocycles. The Morgan fingerprint density at radius 3 is 2.56 bits per heavy atom. The smallest absolute Gasteiger partial charge is 0.233 e. The summed E-state index contributed by atoms with van der Waals surface area (Å²) in [7, 11) is -3.01. The van der Waals surface area contributed by atoms with Gasteiger partial charge in [-0.2, -0.15) is 0 Å². The van der Waals surface area contributed by atoms with Gasteiger partial charge in [0.2, 0.25) is 5.91 Å². The number of sulfone groups is 1. The second-order valence-corrected chi connectivity index (χ2v) is 10.7. The van der Waals surface area contributed by atoms with Gasteiger partial charge in [-0.3, -0.25) is 9.36 Å². The Morgan fingerprint density at radius 2 is 1.96 bits per heavy atom. The van der Waals surface area contributed by atoms with Crippen LogP contribution in [0.25, 0.3) is 5.69 Å². The van der Waals surface area contributed by atoms with Crippen LogP contribution in [-0.4, -0.2) is 46.7 Å². The molecule has 1 saturated heterocycles. The Morgan fingerprint density at radius 1 is 1.26 bits per heavy atom. The second-order valence-electron chi connectivity index (χ2n) is 7.19. The number of thioether (sulfide) groups is 1. The minimum absolute atomic E-state index is 0.0347. The Hall–Kier alpha value is -1.80. The normalized spacial score (nSPS) is 19.9. The fraction of sp³-hybridized carbons (Fsp3) is 0.474. The lowest BCUT2D eigenvalue weighted by atomic mass is 10.0. The van der Waals surface area contributed by atoms with Gasteiger partial charge >= 0.3 is 0 Å². The summed E-state index contributed by atoms with van der Waals surface area (Å²) < 4.78 is 25.0. The number of nitrogens with one attached hydrogen (secondary N) is 1. The second kappa shape index (κ2) is 8.06. The van der Waals surface area contributed by atoms with Crippen LogP contribution in [0.15, 0.2) is 41.8 Å². The van der Waals surface area contributed by atoms with Crippen LogP contribution in [0, 0.1) is 0 Å². The van der Waals surface area contributed by atoms with Crippen molar-refractivity contribution in [2.24, 2.45) is 0 Å². The molecule has 1 N–H and O–H groups in total. The average molecular weight is 408 g/mol. The minimum Gasteiger partial charge on any atom is -0.351 e. The van der Waals surface area contributed by atoms with Gasteiger partial charge < -0.3 is 5.32 Å². The number of imidazole rings is 1. The molecular formula is C19H25N3O3S2. The van der Waals surface area contributed by atoms with Gasteiger partial charge in [0, 0.05) is 24.1 Å². The van der Waals surface area contributed by atoms with E-state index in [2.05, 4.69) is 48.4 Å². The van der Waals surface area contributed by atoms with Crippen molar-refractivity contribution in [3.63, 3.8) is 0 Å². The van der Waals surface area contributed by atoms with Crippen molar-refractivity contribution in [1.82, 2.24) is 14.9 Å². The standard InChI is InChI=1S/C19H25N3O3S2/c1-13(2)15-4-6-17(7-5-15)22-10-9-20-19(22)26-14(3)18(23)21-16-8-11-27(24,25)12-16/h4-7,9-10,13-14,16H,8,11-12H2,1-3H3,(H,21,23)/t14-,16+/m0/s1. The van der Waals surface area contributed by atoms with Crippen LogP contribution in [0.3, 0.4) is 0 Å². The third kappa shape index (κ3) is 4.93. The first-order valence-corrected chi connectivity index (χ1v) is 11.8. The van der Waals surface area contributed by atoms with Crippen molar-refractivity contribution < 1.29 is 13.2 Å². The predicted octanol–water partition coefficient (Wildman–Crippen LogP) is 2.78. The summed E-state index contributed by atoms with van der Waals surface area (Å²) in [4.78, 5) is 16.8. The molecule has 2 atom stereocenters. The quantitative estimate of drug-likeness (QED) is 0.745. The molecule has 1 fully saturated rings. The summed E-state index contributed by atoms with van der Waals surface area (Å²) in [5.74, 6) is 0.494. The Balaban J connectivity index is 1.66. The van der Waals surface area contributed by atoms with Gasteiger partial charge in [0.1, 0.15) is 0 Å². The molecular weight excluding hydrogens is 382 g/mol. The first kappa shape index (κ1) is 19.9. The monoisotopic (exact) mass is 407 g/mol. The largest absolute Gasteiger partial charge is 0.351 e. The lowest BCUT2D eigenvalue weighted by molar-refractivity contribution is -0.120. The Labute approximate surface area is 164 Å². The maximum absolute atomic E-state index is 12.4. The highest BCUT2D eigenvalue weighted by Crippen LogP contribution is 2.26. The van der Waals surface area contributed by atoms with Crippen LogP contribution in [-0.2, 0) is 14.6 Å². The van der Waals surface area contributed by atoms with Crippen LogP contribution in [0.4, 0.5) is 0 Å². The number of carbonyl (C=O) groups is 1. The molecule has 0 bridgehead atoms. The molecule has 146 valence electrons. The molecule has 3 rings (SSSR count). The van der Waals surface area contributed by atoms with Crippen molar-refractivity contribution in [2.45, 2.75) is 49.6 Å². The third-order valence-electron chi connectivity index (χ3n) is 4.67. The summed E-state index contributed by atoms with van der Waals surface area (Å²) in [6.45, 7) is 6.12. The third-order valence-corrected chi connectivity index (χ3v) is 7.52. The van der Waals surface area contributed by atoms with Gasteiger partial charge in [-0.1, -0.05) is 37.7 Å². The first-order valence-electron chi connectivity index (χ1n) is 9.06. The molecule has 1 amide bonds. The van der Waals surface area contributed by atoms with Crippen LogP contribution in [0.2, 0.25) is 0 Å². The molecule has 6 nitrogen and oxygen atoms in total. The highest BCUT2D eigenvalue weighted by Gasteiger charge is 2.30. The fourth-order valence-electron chi connectivity index (χ4n) is 3.03. The molecule has 0 radical (unpaired) electrons. The molecule has 0 aliphatic carbocycles. The van der Waals surface area contributed by atoms with Crippen LogP contribution in [0.1, 0.15) is 38.7 Å². The summed E-state index contributed by atoms with van der Waals surface area (Å²) >= 11 is 1.36. The lowest BCUT2D eigenvalue weighted by Crippen LogP contribution is -2.40. The van der Waals surface area contributed by atoms with Crippen molar-refractivity contribution in [2.75, 3.05) is 11.5 Å². The van der Waals surface area contributed by atoms with E-state index in [9.17, 15) is 13.2 Å². The van der Waals surface area contributed by atoms with Crippen LogP contribution >= 0.6 is 11.8 Å². The topological polar surface area (TPSA) is 81.1 Å². The van der Waals surface area contributed by atoms with E-state index in [-0.39, 0.29) is 28.7 Å². The number of hydrogen-bond donors (Lipinski definition) is 1. The van der Waals surface area contributed by atoms with E-state index < -0.39 is 9.84 Å². The Kier molecular flexibility index (Phi) is 5.95. The molecule has 27 heavy (non-hydrogen) atoms. The van der Waals surface area contributed by atoms with Gasteiger partial charge in [-0.15, -0.1) is 0 Å². The highest BCUT2D eigenvalue weighted by atomic mass is 32.2. The average Bonchev–Trinajstić information content (AvgIpc) is 3.20. The lowest BCUT2D eigenvalue weighted by Gasteiger charge is -2.16. The van der Waals surface area contributed by atoms with E-state index >= 15 is 0 Å². The summed E-state index contributed by atoms with van der Waals surface area (Å²) in [5, 5.41) is 3.21. The minimum atomic E-state index is -3.01. The number of aromatic nitrogens is 2. The van der Waals surface area contributed by atoms with E-state index in [0.717, 1.165) is 10.8 Å². The summed E-state index contributed by atoms with van der Waals surface area (Å²) in [6.07, 6.45) is 4.08. The first-order chi connectivity index (χ1) is 12.7. The molecule has 1 aromatic carbocycles. The fourth-order valence-corrected chi connectivity index (χ4v) is 5.60. The molecule has 1 aromatic heterocycles. The number of hydrogen-bond acceptors (Lipinski definition) is 5. The highest BCUT2D eigenvalue weighted by molar-refractivity contribution is 8.00. The van der Waals surface area contributed by atoms with Crippen LogP contribution < -0.4 is 5.32 Å². The zero-order valence-corrected chi connectivity index (χ0v) is 17.4. The number of benzene rings is 1. The van der Waals surface area contributed by atoms with E-state index in [1.165, 1.54) is 17.3 Å². The maximum Gasteiger partial charge on any atom is 0.233 e. The van der Waals surface area contributed by atoms with Gasteiger partial charge in [0.15, 0.2) is 15.0 Å². The van der Waals surface area contributed by atoms with Crippen molar-refractivity contribution in [1.29, 1.82) is 0 Å². The van der Waals surface area contributed by atoms with Gasteiger partial charge in [0.25, 0.3) is 0 Å². The Bertz CT molecular complexity index is 905. The van der Waals surface area contributed by atoms with Gasteiger partial charge in [-0.25, -0.2) is 13.4 Å². The predicted molar refractivity (Wildman–Crippen MR) is 108 cm³/mol. The number of amides is 1. The molecule has 1 aliphatic rings. The molecule has 1 aliphatic heterocycles. The SMILES string of the molecule is CC(C)c1ccc(-n2ccnc2S[C@@H](C)C(=O)N[C@@H]2CCS(=O)(=O)C2)cc1. The van der Waals surface area contributed by atoms with Gasteiger partial charge in [-0.05, 0) is 37.0 Å². The zero-order valence-electron chi connectivity index (χ0n) is 15.8. The van der Waals surface area contributed by atoms with E-state index in [1.54, 1.807) is 6.20 Å². The summed E-state index contributed by atoms with van der Waals surface area (Å²) in [5.41, 5.74) is 2.27. The zero-order chi connectivity index (χ0) is 19.6. The van der Waals surface area contributed by atoms with Crippen molar-refractivity contribution in [3.05, 3.63) is 42.2 Å². The molecule has 2 heterocycles. The van der Waals surface area contributed by atoms with Crippen molar-refractivity contribution in [3.8, 4) is 5.69 Å².